The molecule has 0 bridgehead atoms. The van der Waals surface area contributed by atoms with Crippen LogP contribution in [0.4, 0.5) is 9.93 Å². The van der Waals surface area contributed by atoms with E-state index in [1.54, 1.807) is 14.7 Å². The van der Waals surface area contributed by atoms with Crippen LogP contribution in [0.1, 0.15) is 32.4 Å². The van der Waals surface area contributed by atoms with E-state index in [4.69, 9.17) is 4.74 Å². The van der Waals surface area contributed by atoms with Gasteiger partial charge in [0.25, 0.3) is 0 Å². The topological polar surface area (TPSA) is 83.0 Å². The van der Waals surface area contributed by atoms with Crippen molar-refractivity contribution in [1.29, 1.82) is 0 Å². The number of nitrogens with zero attached hydrogens (tertiary/aromatic N) is 4. The molecule has 2 aliphatic rings. The number of amides is 3. The predicted molar refractivity (Wildman–Crippen MR) is 102 cm³/mol. The summed E-state index contributed by atoms with van der Waals surface area (Å²) in [6.07, 6.45) is 1.33. The molecule has 2 aliphatic heterocycles. The Morgan fingerprint density at radius 1 is 1.19 bits per heavy atom. The third kappa shape index (κ3) is 4.97. The predicted octanol–water partition coefficient (Wildman–Crippen LogP) is 1.75. The lowest BCUT2D eigenvalue weighted by Crippen LogP contribution is -2.51. The third-order valence-corrected chi connectivity index (χ3v) is 5.52. The Labute approximate surface area is 163 Å². The standard InChI is InChI=1S/C18H26N4O4S/c1-13(2)11-26-18(25)21-8-6-20(7-9-21)16(24)10-14-12-27-17(19-14)22-5-3-4-15(22)23/h12-13H,3-11H2,1-2H3. The minimum atomic E-state index is -0.310. The first-order valence-electron chi connectivity index (χ1n) is 9.38. The Morgan fingerprint density at radius 3 is 2.52 bits per heavy atom. The Hall–Kier alpha value is -2.16. The van der Waals surface area contributed by atoms with Gasteiger partial charge in [0.15, 0.2) is 5.13 Å². The maximum Gasteiger partial charge on any atom is 0.409 e. The molecule has 2 saturated heterocycles. The van der Waals surface area contributed by atoms with Gasteiger partial charge in [0.05, 0.1) is 18.7 Å². The van der Waals surface area contributed by atoms with Gasteiger partial charge in [-0.3, -0.25) is 14.5 Å². The summed E-state index contributed by atoms with van der Waals surface area (Å²) in [5, 5.41) is 2.52. The van der Waals surface area contributed by atoms with Gasteiger partial charge in [0.2, 0.25) is 11.8 Å². The first-order chi connectivity index (χ1) is 12.9. The van der Waals surface area contributed by atoms with Crippen LogP contribution >= 0.6 is 11.3 Å². The first-order valence-corrected chi connectivity index (χ1v) is 10.3. The van der Waals surface area contributed by atoms with Crippen molar-refractivity contribution >= 4 is 34.4 Å². The van der Waals surface area contributed by atoms with Gasteiger partial charge in [-0.25, -0.2) is 9.78 Å². The second-order valence-corrected chi connectivity index (χ2v) is 8.12. The molecule has 0 radical (unpaired) electrons. The van der Waals surface area contributed by atoms with E-state index in [1.807, 2.05) is 19.2 Å². The molecule has 148 valence electrons. The second-order valence-electron chi connectivity index (χ2n) is 7.29. The maximum absolute atomic E-state index is 12.5. The monoisotopic (exact) mass is 394 g/mol. The molecule has 3 rings (SSSR count). The lowest BCUT2D eigenvalue weighted by molar-refractivity contribution is -0.132. The van der Waals surface area contributed by atoms with Crippen molar-refractivity contribution in [2.45, 2.75) is 33.1 Å². The molecule has 0 atom stereocenters. The molecule has 2 fully saturated rings. The minimum Gasteiger partial charge on any atom is -0.449 e. The van der Waals surface area contributed by atoms with Gasteiger partial charge >= 0.3 is 6.09 Å². The highest BCUT2D eigenvalue weighted by molar-refractivity contribution is 7.14. The van der Waals surface area contributed by atoms with Crippen LogP contribution in [0.25, 0.3) is 0 Å². The molecule has 0 aromatic carbocycles. The molecule has 0 spiro atoms. The van der Waals surface area contributed by atoms with Gasteiger partial charge in [0.1, 0.15) is 0 Å². The summed E-state index contributed by atoms with van der Waals surface area (Å²) >= 11 is 1.41. The number of hydrogen-bond acceptors (Lipinski definition) is 6. The van der Waals surface area contributed by atoms with Crippen LogP contribution in [0, 0.1) is 5.92 Å². The van der Waals surface area contributed by atoms with Crippen LogP contribution in [0.15, 0.2) is 5.38 Å². The highest BCUT2D eigenvalue weighted by Gasteiger charge is 2.27. The van der Waals surface area contributed by atoms with Crippen molar-refractivity contribution < 1.29 is 19.1 Å². The average molecular weight is 394 g/mol. The molecule has 1 aromatic heterocycles. The lowest BCUT2D eigenvalue weighted by Gasteiger charge is -2.34. The van der Waals surface area contributed by atoms with Gasteiger partial charge in [-0.1, -0.05) is 13.8 Å². The number of carbonyl (C=O) groups excluding carboxylic acids is 3. The van der Waals surface area contributed by atoms with Crippen molar-refractivity contribution in [1.82, 2.24) is 14.8 Å². The number of carbonyl (C=O) groups is 3. The van der Waals surface area contributed by atoms with E-state index in [2.05, 4.69) is 4.98 Å². The number of rotatable bonds is 5. The van der Waals surface area contributed by atoms with Crippen molar-refractivity contribution in [3.63, 3.8) is 0 Å². The van der Waals surface area contributed by atoms with Crippen LogP contribution in [0.3, 0.4) is 0 Å². The number of ether oxygens (including phenoxy) is 1. The molecule has 3 heterocycles. The van der Waals surface area contributed by atoms with E-state index in [0.717, 1.165) is 6.42 Å². The summed E-state index contributed by atoms with van der Waals surface area (Å²) in [6.45, 7) is 7.05. The van der Waals surface area contributed by atoms with E-state index < -0.39 is 0 Å². The Balaban J connectivity index is 1.46. The van der Waals surface area contributed by atoms with E-state index in [1.165, 1.54) is 11.3 Å². The quantitative estimate of drug-likeness (QED) is 0.760. The van der Waals surface area contributed by atoms with Gasteiger partial charge in [-0.05, 0) is 12.3 Å². The maximum atomic E-state index is 12.5. The van der Waals surface area contributed by atoms with E-state index >= 15 is 0 Å². The third-order valence-electron chi connectivity index (χ3n) is 4.61. The summed E-state index contributed by atoms with van der Waals surface area (Å²) in [5.74, 6) is 0.396. The molecule has 9 heteroatoms. The number of piperazine rings is 1. The van der Waals surface area contributed by atoms with Crippen molar-refractivity contribution in [2.75, 3.05) is 44.2 Å². The Bertz CT molecular complexity index is 697. The fraction of sp³-hybridized carbons (Fsp3) is 0.667. The van der Waals surface area contributed by atoms with Crippen LogP contribution in [-0.4, -0.2) is 72.0 Å². The highest BCUT2D eigenvalue weighted by atomic mass is 32.1. The molecule has 3 amide bonds. The van der Waals surface area contributed by atoms with Crippen LogP contribution < -0.4 is 4.90 Å². The first kappa shape index (κ1) is 19.6. The van der Waals surface area contributed by atoms with E-state index in [-0.39, 0.29) is 24.3 Å². The molecule has 8 nitrogen and oxygen atoms in total. The van der Waals surface area contributed by atoms with Crippen LogP contribution in [-0.2, 0) is 20.7 Å². The lowest BCUT2D eigenvalue weighted by atomic mass is 10.2. The van der Waals surface area contributed by atoms with Gasteiger partial charge in [-0.15, -0.1) is 11.3 Å². The number of thiazole rings is 1. The minimum absolute atomic E-state index is 0.00482. The SMILES string of the molecule is CC(C)COC(=O)N1CCN(C(=O)Cc2csc(N3CCCC3=O)n2)CC1. The van der Waals surface area contributed by atoms with Gasteiger partial charge in [0, 0.05) is 44.5 Å². The zero-order valence-electron chi connectivity index (χ0n) is 15.8. The van der Waals surface area contributed by atoms with Crippen LogP contribution in [0.5, 0.6) is 0 Å². The molecule has 0 aliphatic carbocycles. The zero-order chi connectivity index (χ0) is 19.4. The summed E-state index contributed by atoms with van der Waals surface area (Å²) in [7, 11) is 0. The molecule has 0 N–H and O–H groups in total. The number of hydrogen-bond donors (Lipinski definition) is 0. The van der Waals surface area contributed by atoms with Crippen molar-refractivity contribution in [3.05, 3.63) is 11.1 Å². The molecular formula is C18H26N4O4S. The van der Waals surface area contributed by atoms with Crippen LogP contribution in [0.2, 0.25) is 0 Å². The fourth-order valence-electron chi connectivity index (χ4n) is 3.09. The number of aromatic nitrogens is 1. The normalized spacial score (nSPS) is 17.7. The Kier molecular flexibility index (Phi) is 6.30. The van der Waals surface area contributed by atoms with Gasteiger partial charge in [-0.2, -0.15) is 0 Å². The second kappa shape index (κ2) is 8.69. The smallest absolute Gasteiger partial charge is 0.409 e. The number of anilines is 1. The molecular weight excluding hydrogens is 368 g/mol. The van der Waals surface area contributed by atoms with E-state index in [0.29, 0.717) is 62.5 Å². The zero-order valence-corrected chi connectivity index (χ0v) is 16.7. The van der Waals surface area contributed by atoms with E-state index in [9.17, 15) is 14.4 Å². The van der Waals surface area contributed by atoms with Crippen molar-refractivity contribution in [3.8, 4) is 0 Å². The largest absolute Gasteiger partial charge is 0.449 e. The summed E-state index contributed by atoms with van der Waals surface area (Å²) in [5.41, 5.74) is 0.693. The molecule has 1 aromatic rings. The highest BCUT2D eigenvalue weighted by Crippen LogP contribution is 2.25. The summed E-state index contributed by atoms with van der Waals surface area (Å²) in [4.78, 5) is 45.9. The molecule has 0 saturated carbocycles. The fourth-order valence-corrected chi connectivity index (χ4v) is 3.95. The summed E-state index contributed by atoms with van der Waals surface area (Å²) < 4.78 is 5.24. The van der Waals surface area contributed by atoms with Crippen molar-refractivity contribution in [2.24, 2.45) is 5.92 Å². The van der Waals surface area contributed by atoms with Gasteiger partial charge < -0.3 is 14.5 Å². The molecule has 27 heavy (non-hydrogen) atoms. The Morgan fingerprint density at radius 2 is 1.89 bits per heavy atom. The average Bonchev–Trinajstić information content (AvgIpc) is 3.28. The summed E-state index contributed by atoms with van der Waals surface area (Å²) in [6, 6.07) is 0. The molecule has 0 unspecified atom stereocenters.